The Morgan fingerprint density at radius 3 is 2.89 bits per heavy atom. The lowest BCUT2D eigenvalue weighted by Crippen LogP contribution is -2.15. The van der Waals surface area contributed by atoms with Gasteiger partial charge >= 0.3 is 5.97 Å². The van der Waals surface area contributed by atoms with Gasteiger partial charge in [0.05, 0.1) is 12.7 Å². The van der Waals surface area contributed by atoms with Crippen LogP contribution in [0.5, 0.6) is 0 Å². The SMILES string of the molecule is O=C(CCn1ccnn1)Nc1ccnc(C(=O)O)c1. The summed E-state index contributed by atoms with van der Waals surface area (Å²) in [5.74, 6) is -1.38. The maximum absolute atomic E-state index is 11.6. The smallest absolute Gasteiger partial charge is 0.354 e. The number of anilines is 1. The topological polar surface area (TPSA) is 110 Å². The van der Waals surface area contributed by atoms with Gasteiger partial charge in [0.15, 0.2) is 0 Å². The molecule has 0 bridgehead atoms. The monoisotopic (exact) mass is 261 g/mol. The Morgan fingerprint density at radius 2 is 2.21 bits per heavy atom. The molecule has 8 heteroatoms. The number of carboxylic acids is 1. The summed E-state index contributed by atoms with van der Waals surface area (Å²) in [4.78, 5) is 26.0. The van der Waals surface area contributed by atoms with Crippen molar-refractivity contribution in [2.45, 2.75) is 13.0 Å². The molecule has 2 rings (SSSR count). The fourth-order valence-corrected chi connectivity index (χ4v) is 1.42. The van der Waals surface area contributed by atoms with Crippen LogP contribution in [0, 0.1) is 0 Å². The van der Waals surface area contributed by atoms with Gasteiger partial charge in [0.1, 0.15) is 5.69 Å². The van der Waals surface area contributed by atoms with Crippen molar-refractivity contribution in [3.05, 3.63) is 36.4 Å². The van der Waals surface area contributed by atoms with Crippen molar-refractivity contribution in [2.75, 3.05) is 5.32 Å². The maximum atomic E-state index is 11.6. The molecule has 0 radical (unpaired) electrons. The predicted octanol–water partition coefficient (Wildman–Crippen LogP) is 0.400. The quantitative estimate of drug-likeness (QED) is 0.806. The van der Waals surface area contributed by atoms with E-state index in [0.717, 1.165) is 0 Å². The van der Waals surface area contributed by atoms with E-state index in [1.807, 2.05) is 0 Å². The second-order valence-corrected chi connectivity index (χ2v) is 3.70. The Kier molecular flexibility index (Phi) is 3.81. The zero-order valence-electron chi connectivity index (χ0n) is 9.85. The fraction of sp³-hybridized carbons (Fsp3) is 0.182. The number of carbonyl (C=O) groups is 2. The van der Waals surface area contributed by atoms with Crippen molar-refractivity contribution in [3.63, 3.8) is 0 Å². The molecular formula is C11H11N5O3. The van der Waals surface area contributed by atoms with Crippen LogP contribution in [0.3, 0.4) is 0 Å². The molecule has 0 aliphatic rings. The molecule has 0 saturated carbocycles. The first-order valence-electron chi connectivity index (χ1n) is 5.48. The normalized spacial score (nSPS) is 10.1. The van der Waals surface area contributed by atoms with Crippen LogP contribution in [0.1, 0.15) is 16.9 Å². The Hall–Kier alpha value is -2.77. The van der Waals surface area contributed by atoms with Gasteiger partial charge in [0, 0.05) is 24.5 Å². The van der Waals surface area contributed by atoms with Crippen molar-refractivity contribution in [3.8, 4) is 0 Å². The number of hydrogen-bond donors (Lipinski definition) is 2. The van der Waals surface area contributed by atoms with E-state index in [2.05, 4.69) is 20.6 Å². The maximum Gasteiger partial charge on any atom is 0.354 e. The molecule has 98 valence electrons. The molecule has 0 aliphatic heterocycles. The molecule has 0 unspecified atom stereocenters. The summed E-state index contributed by atoms with van der Waals surface area (Å²) in [6.07, 6.45) is 4.73. The molecule has 0 aliphatic carbocycles. The fourth-order valence-electron chi connectivity index (χ4n) is 1.42. The number of carboxylic acid groups (broad SMARTS) is 1. The van der Waals surface area contributed by atoms with Crippen LogP contribution in [-0.4, -0.2) is 37.0 Å². The Morgan fingerprint density at radius 1 is 1.37 bits per heavy atom. The standard InChI is InChI=1S/C11H11N5O3/c17-10(2-5-16-6-4-13-15-16)14-8-1-3-12-9(7-8)11(18)19/h1,3-4,6-7H,2,5H2,(H,18,19)(H,12,14,17). The molecule has 1 amide bonds. The molecule has 0 fully saturated rings. The average Bonchev–Trinajstić information content (AvgIpc) is 2.90. The van der Waals surface area contributed by atoms with E-state index in [9.17, 15) is 9.59 Å². The second-order valence-electron chi connectivity index (χ2n) is 3.70. The van der Waals surface area contributed by atoms with Crippen LogP contribution < -0.4 is 5.32 Å². The number of hydrogen-bond acceptors (Lipinski definition) is 5. The Balaban J connectivity index is 1.91. The molecule has 2 aromatic rings. The van der Waals surface area contributed by atoms with Crippen LogP contribution in [0.25, 0.3) is 0 Å². The molecule has 0 saturated heterocycles. The number of carbonyl (C=O) groups excluding carboxylic acids is 1. The Bertz CT molecular complexity index is 582. The zero-order chi connectivity index (χ0) is 13.7. The number of rotatable bonds is 5. The van der Waals surface area contributed by atoms with Crippen LogP contribution in [0.4, 0.5) is 5.69 Å². The highest BCUT2D eigenvalue weighted by atomic mass is 16.4. The summed E-state index contributed by atoms with van der Waals surface area (Å²) in [6.45, 7) is 0.405. The number of nitrogens with one attached hydrogen (secondary N) is 1. The molecule has 8 nitrogen and oxygen atoms in total. The number of pyridine rings is 1. The summed E-state index contributed by atoms with van der Waals surface area (Å²) in [7, 11) is 0. The summed E-state index contributed by atoms with van der Waals surface area (Å²) < 4.78 is 1.54. The summed E-state index contributed by atoms with van der Waals surface area (Å²) in [5, 5.41) is 18.7. The van der Waals surface area contributed by atoms with Gasteiger partial charge in [-0.1, -0.05) is 5.21 Å². The van der Waals surface area contributed by atoms with Gasteiger partial charge in [-0.3, -0.25) is 9.48 Å². The number of aromatic nitrogens is 4. The van der Waals surface area contributed by atoms with E-state index in [1.54, 1.807) is 6.20 Å². The largest absolute Gasteiger partial charge is 0.477 e. The van der Waals surface area contributed by atoms with Gasteiger partial charge in [-0.25, -0.2) is 9.78 Å². The number of aryl methyl sites for hydroxylation is 1. The van der Waals surface area contributed by atoms with E-state index in [0.29, 0.717) is 12.2 Å². The van der Waals surface area contributed by atoms with Crippen LogP contribution in [-0.2, 0) is 11.3 Å². The first kappa shape index (κ1) is 12.7. The highest BCUT2D eigenvalue weighted by Gasteiger charge is 2.07. The van der Waals surface area contributed by atoms with E-state index < -0.39 is 5.97 Å². The van der Waals surface area contributed by atoms with Crippen LogP contribution in [0.2, 0.25) is 0 Å². The van der Waals surface area contributed by atoms with Crippen molar-refractivity contribution >= 4 is 17.6 Å². The van der Waals surface area contributed by atoms with E-state index >= 15 is 0 Å². The molecule has 0 spiro atoms. The minimum Gasteiger partial charge on any atom is -0.477 e. The first-order valence-corrected chi connectivity index (χ1v) is 5.48. The lowest BCUT2D eigenvalue weighted by atomic mass is 10.3. The third-order valence-electron chi connectivity index (χ3n) is 2.30. The molecule has 19 heavy (non-hydrogen) atoms. The molecule has 0 aromatic carbocycles. The molecule has 2 N–H and O–H groups in total. The lowest BCUT2D eigenvalue weighted by molar-refractivity contribution is -0.116. The first-order chi connectivity index (χ1) is 9.15. The second kappa shape index (κ2) is 5.71. The molecule has 2 aromatic heterocycles. The molecule has 0 atom stereocenters. The highest BCUT2D eigenvalue weighted by Crippen LogP contribution is 2.08. The highest BCUT2D eigenvalue weighted by molar-refractivity contribution is 5.92. The minimum atomic E-state index is -1.14. The average molecular weight is 261 g/mol. The van der Waals surface area contributed by atoms with Crippen molar-refractivity contribution in [2.24, 2.45) is 0 Å². The minimum absolute atomic E-state index is 0.117. The van der Waals surface area contributed by atoms with E-state index in [4.69, 9.17) is 5.11 Å². The van der Waals surface area contributed by atoms with Crippen LogP contribution in [0.15, 0.2) is 30.7 Å². The third kappa shape index (κ3) is 3.60. The number of amides is 1. The predicted molar refractivity (Wildman–Crippen MR) is 64.5 cm³/mol. The van der Waals surface area contributed by atoms with Crippen molar-refractivity contribution < 1.29 is 14.7 Å². The summed E-state index contributed by atoms with van der Waals surface area (Å²) in [6, 6.07) is 2.83. The summed E-state index contributed by atoms with van der Waals surface area (Å²) >= 11 is 0. The lowest BCUT2D eigenvalue weighted by Gasteiger charge is -2.05. The van der Waals surface area contributed by atoms with Crippen LogP contribution >= 0.6 is 0 Å². The zero-order valence-corrected chi connectivity index (χ0v) is 9.85. The van der Waals surface area contributed by atoms with Gasteiger partial charge in [0.2, 0.25) is 5.91 Å². The van der Waals surface area contributed by atoms with Gasteiger partial charge in [-0.05, 0) is 12.1 Å². The van der Waals surface area contributed by atoms with Crippen molar-refractivity contribution in [1.82, 2.24) is 20.0 Å². The number of nitrogens with zero attached hydrogens (tertiary/aromatic N) is 4. The molecule has 2 heterocycles. The van der Waals surface area contributed by atoms with Gasteiger partial charge in [-0.15, -0.1) is 5.10 Å². The number of aromatic carboxylic acids is 1. The molecular weight excluding hydrogens is 250 g/mol. The third-order valence-corrected chi connectivity index (χ3v) is 2.30. The Labute approximate surface area is 108 Å². The van der Waals surface area contributed by atoms with Gasteiger partial charge in [-0.2, -0.15) is 0 Å². The van der Waals surface area contributed by atoms with E-state index in [1.165, 1.54) is 29.2 Å². The summed E-state index contributed by atoms with van der Waals surface area (Å²) in [5.41, 5.74) is 0.282. The van der Waals surface area contributed by atoms with E-state index in [-0.39, 0.29) is 18.0 Å². The van der Waals surface area contributed by atoms with Crippen molar-refractivity contribution in [1.29, 1.82) is 0 Å². The van der Waals surface area contributed by atoms with Gasteiger partial charge < -0.3 is 10.4 Å². The van der Waals surface area contributed by atoms with Gasteiger partial charge in [0.25, 0.3) is 0 Å².